The summed E-state index contributed by atoms with van der Waals surface area (Å²) in [7, 11) is 1.63. The summed E-state index contributed by atoms with van der Waals surface area (Å²) < 4.78 is 5.27. The number of anilines is 1. The van der Waals surface area contributed by atoms with Gasteiger partial charge in [-0.25, -0.2) is 4.79 Å². The minimum absolute atomic E-state index is 0.0280. The number of hydrogen-bond acceptors (Lipinski definition) is 4. The molecule has 1 heterocycles. The van der Waals surface area contributed by atoms with Crippen molar-refractivity contribution in [3.8, 4) is 0 Å². The lowest BCUT2D eigenvalue weighted by atomic mass is 9.78. The number of carbonyl (C=O) groups excluding carboxylic acids is 2. The molecule has 126 valence electrons. The Hall–Kier alpha value is -2.12. The van der Waals surface area contributed by atoms with Crippen LogP contribution in [0.15, 0.2) is 24.3 Å². The minimum atomic E-state index is -0.599. The normalized spacial score (nSPS) is 16.6. The predicted molar refractivity (Wildman–Crippen MR) is 87.9 cm³/mol. The van der Waals surface area contributed by atoms with Crippen LogP contribution in [0, 0.1) is 5.41 Å². The zero-order valence-corrected chi connectivity index (χ0v) is 13.4. The molecule has 0 unspecified atom stereocenters. The number of rotatable bonds is 6. The molecule has 0 spiro atoms. The second-order valence-corrected chi connectivity index (χ2v) is 5.83. The summed E-state index contributed by atoms with van der Waals surface area (Å²) >= 11 is 0. The number of carbonyl (C=O) groups is 2. The number of methoxy groups -OCH3 is 1. The molecule has 7 heteroatoms. The molecule has 2 rings (SSSR count). The SMILES string of the molecule is COCC1(C(=O)NCc2ccc(NC(N)=O)cc2)CCNCC1. The highest BCUT2D eigenvalue weighted by atomic mass is 16.5. The second-order valence-electron chi connectivity index (χ2n) is 5.83. The van der Waals surface area contributed by atoms with Gasteiger partial charge in [0.1, 0.15) is 0 Å². The van der Waals surface area contributed by atoms with Crippen molar-refractivity contribution in [2.75, 3.05) is 32.1 Å². The average Bonchev–Trinajstić information content (AvgIpc) is 2.54. The number of hydrogen-bond donors (Lipinski definition) is 4. The van der Waals surface area contributed by atoms with Gasteiger partial charge in [-0.15, -0.1) is 0 Å². The number of primary amides is 1. The average molecular weight is 320 g/mol. The van der Waals surface area contributed by atoms with Crippen LogP contribution in [0.3, 0.4) is 0 Å². The highest BCUT2D eigenvalue weighted by Gasteiger charge is 2.39. The van der Waals surface area contributed by atoms with Crippen LogP contribution in [0.5, 0.6) is 0 Å². The number of piperidine rings is 1. The Bertz CT molecular complexity index is 533. The van der Waals surface area contributed by atoms with E-state index in [2.05, 4.69) is 16.0 Å². The molecule has 3 amide bonds. The first-order valence-electron chi connectivity index (χ1n) is 7.69. The Kier molecular flexibility index (Phi) is 5.95. The van der Waals surface area contributed by atoms with E-state index in [0.717, 1.165) is 31.5 Å². The lowest BCUT2D eigenvalue weighted by Crippen LogP contribution is -2.49. The van der Waals surface area contributed by atoms with Crippen LogP contribution in [0.25, 0.3) is 0 Å². The van der Waals surface area contributed by atoms with Crippen molar-refractivity contribution in [3.63, 3.8) is 0 Å². The predicted octanol–water partition coefficient (Wildman–Crippen LogP) is 0.810. The molecule has 0 aromatic heterocycles. The monoisotopic (exact) mass is 320 g/mol. The molecule has 23 heavy (non-hydrogen) atoms. The smallest absolute Gasteiger partial charge is 0.316 e. The topological polar surface area (TPSA) is 105 Å². The van der Waals surface area contributed by atoms with Gasteiger partial charge in [0, 0.05) is 19.3 Å². The number of benzene rings is 1. The number of nitrogens with two attached hydrogens (primary N) is 1. The molecule has 1 aliphatic rings. The van der Waals surface area contributed by atoms with Crippen molar-refractivity contribution in [3.05, 3.63) is 29.8 Å². The van der Waals surface area contributed by atoms with Gasteiger partial charge in [0.2, 0.25) is 5.91 Å². The maximum atomic E-state index is 12.6. The van der Waals surface area contributed by atoms with E-state index in [4.69, 9.17) is 10.5 Å². The van der Waals surface area contributed by atoms with Crippen molar-refractivity contribution < 1.29 is 14.3 Å². The van der Waals surface area contributed by atoms with E-state index >= 15 is 0 Å². The molecular formula is C16H24N4O3. The lowest BCUT2D eigenvalue weighted by molar-refractivity contribution is -0.136. The van der Waals surface area contributed by atoms with Gasteiger partial charge in [0.15, 0.2) is 0 Å². The molecular weight excluding hydrogens is 296 g/mol. The molecule has 0 atom stereocenters. The van der Waals surface area contributed by atoms with E-state index in [1.54, 1.807) is 19.2 Å². The van der Waals surface area contributed by atoms with Gasteiger partial charge in [-0.1, -0.05) is 12.1 Å². The molecule has 5 N–H and O–H groups in total. The number of urea groups is 1. The van der Waals surface area contributed by atoms with E-state index < -0.39 is 11.4 Å². The Morgan fingerprint density at radius 2 is 1.91 bits per heavy atom. The third-order valence-electron chi connectivity index (χ3n) is 4.14. The van der Waals surface area contributed by atoms with Gasteiger partial charge in [-0.05, 0) is 43.6 Å². The van der Waals surface area contributed by atoms with Gasteiger partial charge in [-0.3, -0.25) is 4.79 Å². The molecule has 0 aliphatic carbocycles. The highest BCUT2D eigenvalue weighted by molar-refractivity contribution is 5.87. The quantitative estimate of drug-likeness (QED) is 0.622. The molecule has 1 aliphatic heterocycles. The van der Waals surface area contributed by atoms with E-state index in [1.807, 2.05) is 12.1 Å². The van der Waals surface area contributed by atoms with Crippen molar-refractivity contribution in [1.82, 2.24) is 10.6 Å². The Balaban J connectivity index is 1.93. The first-order chi connectivity index (χ1) is 11.1. The van der Waals surface area contributed by atoms with Crippen LogP contribution in [0.2, 0.25) is 0 Å². The van der Waals surface area contributed by atoms with E-state index in [0.29, 0.717) is 18.8 Å². The van der Waals surface area contributed by atoms with Crippen LogP contribution in [-0.2, 0) is 16.1 Å². The summed E-state index contributed by atoms with van der Waals surface area (Å²) in [5.41, 5.74) is 6.19. The standard InChI is InChI=1S/C16H24N4O3/c1-23-11-16(6-8-18-9-7-16)14(21)19-10-12-2-4-13(5-3-12)20-15(17)22/h2-5,18H,6-11H2,1H3,(H,19,21)(H3,17,20,22). The van der Waals surface area contributed by atoms with Gasteiger partial charge in [-0.2, -0.15) is 0 Å². The van der Waals surface area contributed by atoms with Crippen LogP contribution in [0.4, 0.5) is 10.5 Å². The van der Waals surface area contributed by atoms with Gasteiger partial charge in [0.05, 0.1) is 12.0 Å². The molecule has 0 bridgehead atoms. The Morgan fingerprint density at radius 1 is 1.26 bits per heavy atom. The van der Waals surface area contributed by atoms with Crippen molar-refractivity contribution in [2.24, 2.45) is 11.1 Å². The number of ether oxygens (including phenoxy) is 1. The van der Waals surface area contributed by atoms with Crippen LogP contribution < -0.4 is 21.7 Å². The molecule has 1 saturated heterocycles. The van der Waals surface area contributed by atoms with E-state index in [1.165, 1.54) is 0 Å². The zero-order valence-electron chi connectivity index (χ0n) is 13.4. The summed E-state index contributed by atoms with van der Waals surface area (Å²) in [4.78, 5) is 23.4. The largest absolute Gasteiger partial charge is 0.384 e. The van der Waals surface area contributed by atoms with Gasteiger partial charge >= 0.3 is 6.03 Å². The van der Waals surface area contributed by atoms with Crippen LogP contribution in [-0.4, -0.2) is 38.7 Å². The molecule has 1 aromatic rings. The maximum absolute atomic E-state index is 12.6. The first-order valence-corrected chi connectivity index (χ1v) is 7.69. The third-order valence-corrected chi connectivity index (χ3v) is 4.14. The molecule has 7 nitrogen and oxygen atoms in total. The second kappa shape index (κ2) is 7.94. The van der Waals surface area contributed by atoms with Gasteiger partial charge < -0.3 is 26.4 Å². The maximum Gasteiger partial charge on any atom is 0.316 e. The summed E-state index contributed by atoms with van der Waals surface area (Å²) in [6, 6.07) is 6.59. The number of amides is 3. The van der Waals surface area contributed by atoms with Crippen molar-refractivity contribution >= 4 is 17.6 Å². The minimum Gasteiger partial charge on any atom is -0.384 e. The molecule has 0 radical (unpaired) electrons. The summed E-state index contributed by atoms with van der Waals surface area (Å²) in [5.74, 6) is 0.0280. The molecule has 1 aromatic carbocycles. The fraction of sp³-hybridized carbons (Fsp3) is 0.500. The van der Waals surface area contributed by atoms with E-state index in [-0.39, 0.29) is 5.91 Å². The van der Waals surface area contributed by atoms with Crippen LogP contribution >= 0.6 is 0 Å². The van der Waals surface area contributed by atoms with Gasteiger partial charge in [0.25, 0.3) is 0 Å². The van der Waals surface area contributed by atoms with E-state index in [9.17, 15) is 9.59 Å². The molecule has 0 saturated carbocycles. The fourth-order valence-corrected chi connectivity index (χ4v) is 2.84. The molecule has 1 fully saturated rings. The zero-order chi connectivity index (χ0) is 16.7. The Morgan fingerprint density at radius 3 is 2.48 bits per heavy atom. The summed E-state index contributed by atoms with van der Waals surface area (Å²) in [5, 5.41) is 8.76. The fourth-order valence-electron chi connectivity index (χ4n) is 2.84. The first kappa shape index (κ1) is 17.2. The summed E-state index contributed by atoms with van der Waals surface area (Å²) in [6.07, 6.45) is 1.54. The van der Waals surface area contributed by atoms with Crippen LogP contribution in [0.1, 0.15) is 18.4 Å². The highest BCUT2D eigenvalue weighted by Crippen LogP contribution is 2.29. The number of nitrogens with one attached hydrogen (secondary N) is 3. The third kappa shape index (κ3) is 4.67. The lowest BCUT2D eigenvalue weighted by Gasteiger charge is -2.35. The van der Waals surface area contributed by atoms with Crippen molar-refractivity contribution in [1.29, 1.82) is 0 Å². The summed E-state index contributed by atoms with van der Waals surface area (Å²) in [6.45, 7) is 2.52. The Labute approximate surface area is 136 Å². The van der Waals surface area contributed by atoms with Crippen molar-refractivity contribution in [2.45, 2.75) is 19.4 Å².